The normalized spacial score (nSPS) is 12.0. The molecule has 0 bridgehead atoms. The summed E-state index contributed by atoms with van der Waals surface area (Å²) in [6.45, 7) is 3.63. The first kappa shape index (κ1) is 15.7. The fourth-order valence-corrected chi connectivity index (χ4v) is 3.96. The molecule has 0 atom stereocenters. The molecular formula is C14H19N3O3S. The van der Waals surface area contributed by atoms with E-state index in [1.165, 1.54) is 4.31 Å². The quantitative estimate of drug-likeness (QED) is 0.845. The number of aryl methyl sites for hydroxylation is 1. The summed E-state index contributed by atoms with van der Waals surface area (Å²) in [6, 6.07) is 9.40. The van der Waals surface area contributed by atoms with E-state index in [1.54, 1.807) is 13.8 Å². The number of hydrogen-bond acceptors (Lipinski definition) is 4. The van der Waals surface area contributed by atoms with Gasteiger partial charge in [0.1, 0.15) is 10.6 Å². The average Bonchev–Trinajstić information content (AvgIpc) is 2.87. The van der Waals surface area contributed by atoms with E-state index in [0.717, 1.165) is 5.56 Å². The number of aliphatic hydroxyl groups excluding tert-OH is 1. The van der Waals surface area contributed by atoms with Crippen LogP contribution in [-0.4, -0.2) is 34.6 Å². The lowest BCUT2D eigenvalue weighted by atomic mass is 10.2. The van der Waals surface area contributed by atoms with E-state index in [4.69, 9.17) is 0 Å². The monoisotopic (exact) mass is 309 g/mol. The first-order valence-electron chi connectivity index (χ1n) is 6.69. The van der Waals surface area contributed by atoms with Gasteiger partial charge in [0.25, 0.3) is 0 Å². The molecule has 0 saturated heterocycles. The lowest BCUT2D eigenvalue weighted by Gasteiger charge is -2.20. The molecule has 1 aromatic heterocycles. The predicted octanol–water partition coefficient (Wildman–Crippen LogP) is 1.42. The second kappa shape index (κ2) is 6.38. The molecule has 0 aliphatic rings. The minimum atomic E-state index is -3.70. The summed E-state index contributed by atoms with van der Waals surface area (Å²) in [4.78, 5) is 0.0720. The molecule has 1 aromatic carbocycles. The molecule has 0 spiro atoms. The Balaban J connectivity index is 2.38. The van der Waals surface area contributed by atoms with Gasteiger partial charge in [-0.2, -0.15) is 9.40 Å². The fourth-order valence-electron chi connectivity index (χ4n) is 2.20. The third kappa shape index (κ3) is 3.15. The third-order valence-corrected chi connectivity index (χ3v) is 5.39. The molecule has 0 amide bonds. The van der Waals surface area contributed by atoms with Crippen LogP contribution in [0.5, 0.6) is 0 Å². The van der Waals surface area contributed by atoms with E-state index in [-0.39, 0.29) is 17.1 Å². The largest absolute Gasteiger partial charge is 0.390 e. The molecule has 2 rings (SSSR count). The maximum Gasteiger partial charge on any atom is 0.247 e. The highest BCUT2D eigenvalue weighted by Gasteiger charge is 2.29. The molecule has 1 heterocycles. The van der Waals surface area contributed by atoms with Crippen molar-refractivity contribution in [3.63, 3.8) is 0 Å². The Morgan fingerprint density at radius 2 is 1.95 bits per heavy atom. The highest BCUT2D eigenvalue weighted by molar-refractivity contribution is 7.89. The Kier molecular flexibility index (Phi) is 4.76. The molecule has 0 aliphatic heterocycles. The number of nitrogens with zero attached hydrogens (tertiary/aromatic N) is 2. The summed E-state index contributed by atoms with van der Waals surface area (Å²) < 4.78 is 26.9. The Morgan fingerprint density at radius 1 is 1.29 bits per heavy atom. The molecule has 0 fully saturated rings. The number of aromatic nitrogens is 2. The van der Waals surface area contributed by atoms with Gasteiger partial charge in [0.05, 0.1) is 12.3 Å². The predicted molar refractivity (Wildman–Crippen MR) is 79.0 cm³/mol. The summed E-state index contributed by atoms with van der Waals surface area (Å²) in [6.07, 6.45) is 0. The van der Waals surface area contributed by atoms with Crippen LogP contribution < -0.4 is 0 Å². The van der Waals surface area contributed by atoms with Gasteiger partial charge in [-0.3, -0.25) is 5.10 Å². The van der Waals surface area contributed by atoms with Crippen molar-refractivity contribution in [2.75, 3.05) is 6.54 Å². The highest BCUT2D eigenvalue weighted by Crippen LogP contribution is 2.23. The number of rotatable bonds is 6. The number of sulfonamides is 1. The SMILES string of the molecule is CCN(Cc1ccccc1)S(=O)(=O)c1c(CO)n[nH]c1C. The van der Waals surface area contributed by atoms with Gasteiger partial charge in [-0.1, -0.05) is 37.3 Å². The van der Waals surface area contributed by atoms with Crippen LogP contribution in [0.25, 0.3) is 0 Å². The lowest BCUT2D eigenvalue weighted by molar-refractivity contribution is 0.273. The van der Waals surface area contributed by atoms with Crippen molar-refractivity contribution in [1.82, 2.24) is 14.5 Å². The summed E-state index contributed by atoms with van der Waals surface area (Å²) >= 11 is 0. The van der Waals surface area contributed by atoms with Gasteiger partial charge in [0.2, 0.25) is 10.0 Å². The zero-order chi connectivity index (χ0) is 15.5. The summed E-state index contributed by atoms with van der Waals surface area (Å²) in [5.74, 6) is 0. The number of aliphatic hydroxyl groups is 1. The van der Waals surface area contributed by atoms with Crippen LogP contribution in [-0.2, 0) is 23.2 Å². The second-order valence-corrected chi connectivity index (χ2v) is 6.57. The van der Waals surface area contributed by atoms with Crippen LogP contribution in [0.1, 0.15) is 23.9 Å². The zero-order valence-electron chi connectivity index (χ0n) is 12.1. The Hall–Kier alpha value is -1.70. The highest BCUT2D eigenvalue weighted by atomic mass is 32.2. The van der Waals surface area contributed by atoms with Gasteiger partial charge in [0.15, 0.2) is 0 Å². The standard InChI is InChI=1S/C14H19N3O3S/c1-3-17(9-12-7-5-4-6-8-12)21(19,20)14-11(2)15-16-13(14)10-18/h4-8,18H,3,9-10H2,1-2H3,(H,15,16). The lowest BCUT2D eigenvalue weighted by Crippen LogP contribution is -2.31. The number of aromatic amines is 1. The summed E-state index contributed by atoms with van der Waals surface area (Å²) in [5.41, 5.74) is 1.50. The Morgan fingerprint density at radius 3 is 2.52 bits per heavy atom. The van der Waals surface area contributed by atoms with Crippen molar-refractivity contribution in [1.29, 1.82) is 0 Å². The van der Waals surface area contributed by atoms with E-state index in [2.05, 4.69) is 10.2 Å². The van der Waals surface area contributed by atoms with Gasteiger partial charge in [0, 0.05) is 13.1 Å². The molecule has 114 valence electrons. The first-order chi connectivity index (χ1) is 10.0. The van der Waals surface area contributed by atoms with Gasteiger partial charge in [-0.25, -0.2) is 8.42 Å². The van der Waals surface area contributed by atoms with Crippen molar-refractivity contribution in [3.8, 4) is 0 Å². The number of benzene rings is 1. The third-order valence-electron chi connectivity index (χ3n) is 3.26. The molecule has 0 aliphatic carbocycles. The van der Waals surface area contributed by atoms with E-state index >= 15 is 0 Å². The maximum absolute atomic E-state index is 12.8. The molecule has 0 saturated carbocycles. The second-order valence-electron chi connectivity index (χ2n) is 4.70. The van der Waals surface area contributed by atoms with Gasteiger partial charge in [-0.05, 0) is 12.5 Å². The molecule has 0 unspecified atom stereocenters. The van der Waals surface area contributed by atoms with Crippen LogP contribution >= 0.6 is 0 Å². The van der Waals surface area contributed by atoms with Gasteiger partial charge < -0.3 is 5.11 Å². The smallest absolute Gasteiger partial charge is 0.247 e. The van der Waals surface area contributed by atoms with Crippen molar-refractivity contribution in [2.45, 2.75) is 31.9 Å². The van der Waals surface area contributed by atoms with E-state index in [9.17, 15) is 13.5 Å². The number of hydrogen-bond donors (Lipinski definition) is 2. The molecule has 2 N–H and O–H groups in total. The van der Waals surface area contributed by atoms with Crippen LogP contribution in [0.4, 0.5) is 0 Å². The van der Waals surface area contributed by atoms with Gasteiger partial charge in [-0.15, -0.1) is 0 Å². The summed E-state index contributed by atoms with van der Waals surface area (Å²) in [5, 5.41) is 15.7. The van der Waals surface area contributed by atoms with E-state index in [0.29, 0.717) is 12.2 Å². The molecule has 0 radical (unpaired) electrons. The first-order valence-corrected chi connectivity index (χ1v) is 8.13. The van der Waals surface area contributed by atoms with E-state index in [1.807, 2.05) is 30.3 Å². The van der Waals surface area contributed by atoms with Gasteiger partial charge >= 0.3 is 0 Å². The topological polar surface area (TPSA) is 86.3 Å². The van der Waals surface area contributed by atoms with Crippen molar-refractivity contribution in [3.05, 3.63) is 47.3 Å². The Labute approximate surface area is 124 Å². The van der Waals surface area contributed by atoms with E-state index < -0.39 is 16.6 Å². The minimum Gasteiger partial charge on any atom is -0.390 e. The van der Waals surface area contributed by atoms with Crippen molar-refractivity contribution >= 4 is 10.0 Å². The minimum absolute atomic E-state index is 0.0720. The molecule has 21 heavy (non-hydrogen) atoms. The number of H-pyrrole nitrogens is 1. The van der Waals surface area contributed by atoms with Crippen LogP contribution in [0.2, 0.25) is 0 Å². The number of nitrogens with one attached hydrogen (secondary N) is 1. The molecule has 7 heteroatoms. The van der Waals surface area contributed by atoms with Crippen molar-refractivity contribution < 1.29 is 13.5 Å². The zero-order valence-corrected chi connectivity index (χ0v) is 12.9. The van der Waals surface area contributed by atoms with Crippen LogP contribution in [0.15, 0.2) is 35.2 Å². The molecular weight excluding hydrogens is 290 g/mol. The van der Waals surface area contributed by atoms with Crippen LogP contribution in [0.3, 0.4) is 0 Å². The fraction of sp³-hybridized carbons (Fsp3) is 0.357. The molecule has 2 aromatic rings. The Bertz CT molecular complexity index is 696. The average molecular weight is 309 g/mol. The summed E-state index contributed by atoms with van der Waals surface area (Å²) in [7, 11) is -3.70. The maximum atomic E-state index is 12.8. The van der Waals surface area contributed by atoms with Crippen molar-refractivity contribution in [2.24, 2.45) is 0 Å². The van der Waals surface area contributed by atoms with Crippen LogP contribution in [0, 0.1) is 6.92 Å². The molecule has 6 nitrogen and oxygen atoms in total.